The average Bonchev–Trinajstić information content (AvgIpc) is 2.70. The molecule has 2 amide bonds. The Morgan fingerprint density at radius 1 is 1.04 bits per heavy atom. The first-order chi connectivity index (χ1) is 13.1. The lowest BCUT2D eigenvalue weighted by molar-refractivity contribution is -0.115. The van der Waals surface area contributed by atoms with Crippen molar-refractivity contribution in [1.82, 2.24) is 10.2 Å². The Bertz CT molecular complexity index is 754. The van der Waals surface area contributed by atoms with Crippen LogP contribution in [0.1, 0.15) is 23.2 Å². The molecule has 0 unspecified atom stereocenters. The van der Waals surface area contributed by atoms with E-state index in [0.29, 0.717) is 11.3 Å². The molecule has 0 aromatic heterocycles. The van der Waals surface area contributed by atoms with E-state index >= 15 is 0 Å². The number of hydrogen-bond acceptors (Lipinski definition) is 4. The van der Waals surface area contributed by atoms with Crippen molar-refractivity contribution in [3.63, 3.8) is 0 Å². The summed E-state index contributed by atoms with van der Waals surface area (Å²) in [5.74, 6) is 0.260. The summed E-state index contributed by atoms with van der Waals surface area (Å²) in [7, 11) is 2.12. The monoisotopic (exact) mass is 367 g/mol. The molecule has 0 aliphatic carbocycles. The lowest BCUT2D eigenvalue weighted by Crippen LogP contribution is -2.35. The van der Waals surface area contributed by atoms with Crippen molar-refractivity contribution < 1.29 is 14.3 Å². The first kappa shape index (κ1) is 18.9. The van der Waals surface area contributed by atoms with Crippen LogP contribution in [0.4, 0.5) is 5.69 Å². The zero-order valence-electron chi connectivity index (χ0n) is 15.5. The molecular weight excluding hydrogens is 342 g/mol. The molecule has 0 radical (unpaired) electrons. The van der Waals surface area contributed by atoms with Crippen LogP contribution in [0.15, 0.2) is 54.6 Å². The summed E-state index contributed by atoms with van der Waals surface area (Å²) in [5, 5.41) is 5.38. The van der Waals surface area contributed by atoms with Crippen LogP contribution in [0, 0.1) is 0 Å². The fourth-order valence-corrected chi connectivity index (χ4v) is 2.97. The molecule has 1 saturated heterocycles. The predicted octanol–water partition coefficient (Wildman–Crippen LogP) is 2.53. The van der Waals surface area contributed by atoms with Crippen LogP contribution in [0.25, 0.3) is 0 Å². The molecule has 1 aliphatic rings. The number of amides is 2. The fraction of sp³-hybridized carbons (Fsp3) is 0.333. The molecule has 2 aromatic carbocycles. The quantitative estimate of drug-likeness (QED) is 0.823. The number of anilines is 1. The van der Waals surface area contributed by atoms with Gasteiger partial charge in [-0.1, -0.05) is 18.2 Å². The number of likely N-dealkylation sites (tertiary alicyclic amines) is 1. The first-order valence-corrected chi connectivity index (χ1v) is 9.18. The van der Waals surface area contributed by atoms with Crippen LogP contribution in [0.3, 0.4) is 0 Å². The van der Waals surface area contributed by atoms with Crippen molar-refractivity contribution in [2.75, 3.05) is 32.0 Å². The van der Waals surface area contributed by atoms with Gasteiger partial charge in [0, 0.05) is 24.3 Å². The molecule has 2 aromatic rings. The lowest BCUT2D eigenvalue weighted by Gasteiger charge is -2.29. The van der Waals surface area contributed by atoms with Gasteiger partial charge >= 0.3 is 0 Å². The van der Waals surface area contributed by atoms with Gasteiger partial charge in [0.15, 0.2) is 0 Å². The Morgan fingerprint density at radius 2 is 1.70 bits per heavy atom. The van der Waals surface area contributed by atoms with Crippen molar-refractivity contribution in [2.45, 2.75) is 18.9 Å². The number of nitrogens with zero attached hydrogens (tertiary/aromatic N) is 1. The molecule has 6 heteroatoms. The highest BCUT2D eigenvalue weighted by Crippen LogP contribution is 2.20. The molecule has 142 valence electrons. The summed E-state index contributed by atoms with van der Waals surface area (Å²) >= 11 is 0. The standard InChI is InChI=1S/C21H25N3O3/c1-24-13-11-19(12-14-24)27-18-9-7-17(8-10-18)23-20(25)15-22-21(26)16-5-3-2-4-6-16/h2-10,19H,11-15H2,1H3,(H,22,26)(H,23,25). The molecule has 27 heavy (non-hydrogen) atoms. The van der Waals surface area contributed by atoms with Crippen LogP contribution in [0.5, 0.6) is 5.75 Å². The zero-order valence-corrected chi connectivity index (χ0v) is 15.5. The third kappa shape index (κ3) is 5.82. The molecule has 2 N–H and O–H groups in total. The maximum absolute atomic E-state index is 12.0. The highest BCUT2D eigenvalue weighted by Gasteiger charge is 2.17. The molecule has 0 saturated carbocycles. The zero-order chi connectivity index (χ0) is 19.1. The number of hydrogen-bond donors (Lipinski definition) is 2. The lowest BCUT2D eigenvalue weighted by atomic mass is 10.1. The van der Waals surface area contributed by atoms with E-state index in [0.717, 1.165) is 31.7 Å². The van der Waals surface area contributed by atoms with Gasteiger partial charge in [-0.2, -0.15) is 0 Å². The largest absolute Gasteiger partial charge is 0.490 e. The number of ether oxygens (including phenoxy) is 1. The van der Waals surface area contributed by atoms with Crippen molar-refractivity contribution in [1.29, 1.82) is 0 Å². The summed E-state index contributed by atoms with van der Waals surface area (Å²) in [6, 6.07) is 16.1. The number of rotatable bonds is 6. The van der Waals surface area contributed by atoms with Gasteiger partial charge in [0.2, 0.25) is 5.91 Å². The number of carbonyl (C=O) groups is 2. The minimum Gasteiger partial charge on any atom is -0.490 e. The van der Waals surface area contributed by atoms with E-state index in [9.17, 15) is 9.59 Å². The third-order valence-corrected chi connectivity index (χ3v) is 4.55. The van der Waals surface area contributed by atoms with E-state index in [-0.39, 0.29) is 24.5 Å². The van der Waals surface area contributed by atoms with E-state index in [1.807, 2.05) is 18.2 Å². The van der Waals surface area contributed by atoms with Gasteiger partial charge in [-0.05, 0) is 56.3 Å². The summed E-state index contributed by atoms with van der Waals surface area (Å²) in [6.07, 6.45) is 2.29. The Kier molecular flexibility index (Phi) is 6.44. The van der Waals surface area contributed by atoms with E-state index in [1.165, 1.54) is 0 Å². The summed E-state index contributed by atoms with van der Waals surface area (Å²) in [6.45, 7) is 2.02. The second-order valence-electron chi connectivity index (χ2n) is 6.74. The second kappa shape index (κ2) is 9.19. The number of benzene rings is 2. The van der Waals surface area contributed by atoms with Gasteiger partial charge in [-0.25, -0.2) is 0 Å². The molecule has 0 spiro atoms. The Labute approximate surface area is 159 Å². The Balaban J connectivity index is 1.43. The highest BCUT2D eigenvalue weighted by molar-refractivity contribution is 5.99. The minimum absolute atomic E-state index is 0.0818. The number of piperidine rings is 1. The van der Waals surface area contributed by atoms with E-state index < -0.39 is 0 Å². The summed E-state index contributed by atoms with van der Waals surface area (Å²) < 4.78 is 6.00. The predicted molar refractivity (Wildman–Crippen MR) is 105 cm³/mol. The van der Waals surface area contributed by atoms with E-state index in [4.69, 9.17) is 4.74 Å². The van der Waals surface area contributed by atoms with Crippen LogP contribution in [-0.4, -0.2) is 49.5 Å². The molecule has 0 atom stereocenters. The topological polar surface area (TPSA) is 70.7 Å². The Hall–Kier alpha value is -2.86. The van der Waals surface area contributed by atoms with Crippen molar-refractivity contribution >= 4 is 17.5 Å². The van der Waals surface area contributed by atoms with Gasteiger partial charge < -0.3 is 20.3 Å². The smallest absolute Gasteiger partial charge is 0.251 e. The third-order valence-electron chi connectivity index (χ3n) is 4.55. The van der Waals surface area contributed by atoms with Crippen molar-refractivity contribution in [3.8, 4) is 5.75 Å². The SMILES string of the molecule is CN1CCC(Oc2ccc(NC(=O)CNC(=O)c3ccccc3)cc2)CC1. The average molecular weight is 367 g/mol. The number of nitrogens with one attached hydrogen (secondary N) is 2. The number of carbonyl (C=O) groups excluding carboxylic acids is 2. The maximum atomic E-state index is 12.0. The van der Waals surface area contributed by atoms with Gasteiger partial charge in [0.05, 0.1) is 6.54 Å². The summed E-state index contributed by atoms with van der Waals surface area (Å²) in [5.41, 5.74) is 1.20. The van der Waals surface area contributed by atoms with Gasteiger partial charge in [-0.3, -0.25) is 9.59 Å². The normalized spacial score (nSPS) is 15.1. The molecule has 1 aliphatic heterocycles. The maximum Gasteiger partial charge on any atom is 0.251 e. The molecule has 6 nitrogen and oxygen atoms in total. The minimum atomic E-state index is -0.275. The van der Waals surface area contributed by atoms with Gasteiger partial charge in [0.1, 0.15) is 11.9 Å². The Morgan fingerprint density at radius 3 is 2.37 bits per heavy atom. The molecule has 0 bridgehead atoms. The molecular formula is C21H25N3O3. The van der Waals surface area contributed by atoms with Crippen LogP contribution in [-0.2, 0) is 4.79 Å². The van der Waals surface area contributed by atoms with E-state index in [1.54, 1.807) is 36.4 Å². The van der Waals surface area contributed by atoms with E-state index in [2.05, 4.69) is 22.6 Å². The highest BCUT2D eigenvalue weighted by atomic mass is 16.5. The van der Waals surface area contributed by atoms with Crippen LogP contribution >= 0.6 is 0 Å². The molecule has 3 rings (SSSR count). The molecule has 1 fully saturated rings. The van der Waals surface area contributed by atoms with Crippen molar-refractivity contribution in [3.05, 3.63) is 60.2 Å². The summed E-state index contributed by atoms with van der Waals surface area (Å²) in [4.78, 5) is 26.3. The fourth-order valence-electron chi connectivity index (χ4n) is 2.97. The van der Waals surface area contributed by atoms with Gasteiger partial charge in [-0.15, -0.1) is 0 Å². The second-order valence-corrected chi connectivity index (χ2v) is 6.74. The first-order valence-electron chi connectivity index (χ1n) is 9.18. The van der Waals surface area contributed by atoms with Crippen LogP contribution in [0.2, 0.25) is 0 Å². The van der Waals surface area contributed by atoms with Gasteiger partial charge in [0.25, 0.3) is 5.91 Å². The van der Waals surface area contributed by atoms with Crippen LogP contribution < -0.4 is 15.4 Å². The molecule has 1 heterocycles. The van der Waals surface area contributed by atoms with Crippen molar-refractivity contribution in [2.24, 2.45) is 0 Å².